The predicted molar refractivity (Wildman–Crippen MR) is 122 cm³/mol. The molecule has 2 heterocycles. The summed E-state index contributed by atoms with van der Waals surface area (Å²) in [5, 5.41) is 1.62. The van der Waals surface area contributed by atoms with Gasteiger partial charge >= 0.3 is 0 Å². The molecule has 0 aliphatic carbocycles. The number of sulfonamides is 1. The Balaban J connectivity index is 1.71. The number of likely N-dealkylation sites (N-methyl/N-ethyl adjacent to an activating group) is 1. The fraction of sp³-hybridized carbons (Fsp3) is 0.429. The lowest BCUT2D eigenvalue weighted by atomic mass is 10.2. The summed E-state index contributed by atoms with van der Waals surface area (Å²) in [6.07, 6.45) is 0.724. The van der Waals surface area contributed by atoms with Crippen LogP contribution in [0.3, 0.4) is 0 Å². The Morgan fingerprint density at radius 1 is 1.06 bits per heavy atom. The van der Waals surface area contributed by atoms with Crippen LogP contribution in [0.2, 0.25) is 0 Å². The average molecular weight is 465 g/mol. The van der Waals surface area contributed by atoms with E-state index in [4.69, 9.17) is 0 Å². The second kappa shape index (κ2) is 9.80. The third-order valence-electron chi connectivity index (χ3n) is 5.15. The quantitative estimate of drug-likeness (QED) is 0.707. The lowest BCUT2D eigenvalue weighted by molar-refractivity contribution is -0.129. The fourth-order valence-corrected chi connectivity index (χ4v) is 5.75. The van der Waals surface area contributed by atoms with Gasteiger partial charge in [-0.05, 0) is 36.9 Å². The maximum Gasteiger partial charge on any atom is 0.265 e. The standard InChI is InChI=1S/C21H28N4O4S2/c1-16-5-7-17(8-6-16)22-31(28,29)18-9-14-30-20(18)21(27)25-11-4-10-24(12-13-25)15-19(26)23(2)3/h5-9,14,22H,4,10-13,15H2,1-3H3. The molecule has 1 aliphatic rings. The molecule has 3 rings (SSSR count). The van der Waals surface area contributed by atoms with Gasteiger partial charge in [0.1, 0.15) is 9.77 Å². The number of hydrogen-bond acceptors (Lipinski definition) is 6. The van der Waals surface area contributed by atoms with Crippen molar-refractivity contribution in [3.05, 3.63) is 46.2 Å². The van der Waals surface area contributed by atoms with Crippen molar-refractivity contribution < 1.29 is 18.0 Å². The molecule has 1 aliphatic heterocycles. The molecule has 2 aromatic rings. The number of nitrogens with zero attached hydrogens (tertiary/aromatic N) is 3. The van der Waals surface area contributed by atoms with E-state index in [1.54, 1.807) is 41.4 Å². The summed E-state index contributed by atoms with van der Waals surface area (Å²) in [6, 6.07) is 8.50. The smallest absolute Gasteiger partial charge is 0.265 e. The number of rotatable bonds is 6. The molecule has 1 fully saturated rings. The summed E-state index contributed by atoms with van der Waals surface area (Å²) in [4.78, 5) is 30.6. The number of amides is 2. The van der Waals surface area contributed by atoms with Gasteiger partial charge in [0, 0.05) is 46.0 Å². The number of carbonyl (C=O) groups is 2. The molecule has 0 radical (unpaired) electrons. The third kappa shape index (κ3) is 5.84. The molecule has 0 saturated carbocycles. The van der Waals surface area contributed by atoms with Gasteiger partial charge in [-0.25, -0.2) is 8.42 Å². The average Bonchev–Trinajstić information content (AvgIpc) is 3.11. The minimum atomic E-state index is -3.89. The molecule has 1 saturated heterocycles. The van der Waals surface area contributed by atoms with Crippen LogP contribution >= 0.6 is 11.3 Å². The van der Waals surface area contributed by atoms with Crippen molar-refractivity contribution in [2.24, 2.45) is 0 Å². The van der Waals surface area contributed by atoms with Crippen LogP contribution in [0, 0.1) is 6.92 Å². The summed E-state index contributed by atoms with van der Waals surface area (Å²) in [6.45, 7) is 4.49. The van der Waals surface area contributed by atoms with E-state index >= 15 is 0 Å². The first-order chi connectivity index (χ1) is 14.7. The minimum absolute atomic E-state index is 0.00744. The van der Waals surface area contributed by atoms with Crippen molar-refractivity contribution in [2.75, 3.05) is 51.5 Å². The summed E-state index contributed by atoms with van der Waals surface area (Å²) in [5.41, 5.74) is 1.48. The van der Waals surface area contributed by atoms with Gasteiger partial charge in [-0.1, -0.05) is 17.7 Å². The topological polar surface area (TPSA) is 90.0 Å². The van der Waals surface area contributed by atoms with E-state index in [-0.39, 0.29) is 21.6 Å². The second-order valence-electron chi connectivity index (χ2n) is 7.80. The van der Waals surface area contributed by atoms with Gasteiger partial charge in [0.05, 0.1) is 6.54 Å². The zero-order chi connectivity index (χ0) is 22.6. The Labute approximate surface area is 187 Å². The molecule has 2 amide bonds. The highest BCUT2D eigenvalue weighted by Gasteiger charge is 2.29. The van der Waals surface area contributed by atoms with Gasteiger partial charge in [-0.2, -0.15) is 0 Å². The largest absolute Gasteiger partial charge is 0.348 e. The number of benzene rings is 1. The lowest BCUT2D eigenvalue weighted by Crippen LogP contribution is -2.39. The Kier molecular flexibility index (Phi) is 7.34. The molecule has 0 spiro atoms. The fourth-order valence-electron chi connectivity index (χ4n) is 3.31. The van der Waals surface area contributed by atoms with Crippen molar-refractivity contribution >= 4 is 38.9 Å². The highest BCUT2D eigenvalue weighted by molar-refractivity contribution is 7.93. The van der Waals surface area contributed by atoms with Crippen LogP contribution in [0.5, 0.6) is 0 Å². The van der Waals surface area contributed by atoms with Crippen LogP contribution in [-0.4, -0.2) is 81.8 Å². The first-order valence-corrected chi connectivity index (χ1v) is 12.4. The zero-order valence-electron chi connectivity index (χ0n) is 18.0. The number of thiophene rings is 1. The molecule has 1 N–H and O–H groups in total. The second-order valence-corrected chi connectivity index (χ2v) is 10.4. The Morgan fingerprint density at radius 2 is 1.77 bits per heavy atom. The van der Waals surface area contributed by atoms with Crippen LogP contribution < -0.4 is 4.72 Å². The van der Waals surface area contributed by atoms with Gasteiger partial charge < -0.3 is 9.80 Å². The van der Waals surface area contributed by atoms with E-state index in [0.717, 1.165) is 23.3 Å². The molecule has 168 valence electrons. The van der Waals surface area contributed by atoms with Gasteiger partial charge in [0.25, 0.3) is 15.9 Å². The minimum Gasteiger partial charge on any atom is -0.348 e. The van der Waals surface area contributed by atoms with Crippen molar-refractivity contribution in [2.45, 2.75) is 18.2 Å². The molecule has 10 heteroatoms. The van der Waals surface area contributed by atoms with Crippen LogP contribution in [0.25, 0.3) is 0 Å². The predicted octanol–water partition coefficient (Wildman–Crippen LogP) is 2.09. The van der Waals surface area contributed by atoms with Gasteiger partial charge in [0.2, 0.25) is 5.91 Å². The van der Waals surface area contributed by atoms with Gasteiger partial charge in [-0.3, -0.25) is 19.2 Å². The molecule has 8 nitrogen and oxygen atoms in total. The first-order valence-electron chi connectivity index (χ1n) is 10.1. The highest BCUT2D eigenvalue weighted by atomic mass is 32.2. The van der Waals surface area contributed by atoms with Crippen molar-refractivity contribution in [3.8, 4) is 0 Å². The monoisotopic (exact) mass is 464 g/mol. The van der Waals surface area contributed by atoms with Crippen molar-refractivity contribution in [1.82, 2.24) is 14.7 Å². The number of carbonyl (C=O) groups excluding carboxylic acids is 2. The summed E-state index contributed by atoms with van der Waals surface area (Å²) < 4.78 is 28.4. The van der Waals surface area contributed by atoms with Crippen LogP contribution in [0.15, 0.2) is 40.6 Å². The van der Waals surface area contributed by atoms with Crippen LogP contribution in [0.4, 0.5) is 5.69 Å². The molecule has 31 heavy (non-hydrogen) atoms. The lowest BCUT2D eigenvalue weighted by Gasteiger charge is -2.22. The number of aryl methyl sites for hydroxylation is 1. The number of hydrogen-bond donors (Lipinski definition) is 1. The third-order valence-corrected chi connectivity index (χ3v) is 7.61. The van der Waals surface area contributed by atoms with Crippen molar-refractivity contribution in [3.63, 3.8) is 0 Å². The van der Waals surface area contributed by atoms with Crippen molar-refractivity contribution in [1.29, 1.82) is 0 Å². The Hall–Kier alpha value is -2.43. The molecule has 0 unspecified atom stereocenters. The van der Waals surface area contributed by atoms with Crippen LogP contribution in [-0.2, 0) is 14.8 Å². The molecule has 0 bridgehead atoms. The summed E-state index contributed by atoms with van der Waals surface area (Å²) in [5.74, 6) is -0.270. The first kappa shape index (κ1) is 23.2. The van der Waals surface area contributed by atoms with E-state index < -0.39 is 10.0 Å². The molecule has 1 aromatic heterocycles. The van der Waals surface area contributed by atoms with E-state index in [1.807, 2.05) is 24.0 Å². The molecular weight excluding hydrogens is 436 g/mol. The number of anilines is 1. The summed E-state index contributed by atoms with van der Waals surface area (Å²) >= 11 is 1.13. The summed E-state index contributed by atoms with van der Waals surface area (Å²) in [7, 11) is -0.447. The van der Waals surface area contributed by atoms with E-state index in [9.17, 15) is 18.0 Å². The maximum atomic E-state index is 13.2. The van der Waals surface area contributed by atoms with Gasteiger partial charge in [-0.15, -0.1) is 11.3 Å². The molecule has 0 atom stereocenters. The SMILES string of the molecule is Cc1ccc(NS(=O)(=O)c2ccsc2C(=O)N2CCCN(CC(=O)N(C)C)CC2)cc1. The van der Waals surface area contributed by atoms with E-state index in [2.05, 4.69) is 4.72 Å². The van der Waals surface area contributed by atoms with Crippen LogP contribution in [0.1, 0.15) is 21.7 Å². The maximum absolute atomic E-state index is 13.2. The Morgan fingerprint density at radius 3 is 2.45 bits per heavy atom. The molecular formula is C21H28N4O4S2. The number of nitrogens with one attached hydrogen (secondary N) is 1. The van der Waals surface area contributed by atoms with E-state index in [0.29, 0.717) is 38.4 Å². The molecule has 1 aromatic carbocycles. The normalized spacial score (nSPS) is 15.4. The van der Waals surface area contributed by atoms with E-state index in [1.165, 1.54) is 6.07 Å². The van der Waals surface area contributed by atoms with Gasteiger partial charge in [0.15, 0.2) is 0 Å². The Bertz CT molecular complexity index is 1030. The highest BCUT2D eigenvalue weighted by Crippen LogP contribution is 2.26. The zero-order valence-corrected chi connectivity index (χ0v) is 19.6.